The lowest BCUT2D eigenvalue weighted by Gasteiger charge is -1.96. The highest BCUT2D eigenvalue weighted by Crippen LogP contribution is 2.15. The molecule has 0 rings (SSSR count). The summed E-state index contributed by atoms with van der Waals surface area (Å²) in [5, 5.41) is 0. The number of hydrogen-bond donors (Lipinski definition) is 2. The highest BCUT2D eigenvalue weighted by molar-refractivity contribution is 7.32. The van der Waals surface area contributed by atoms with Crippen molar-refractivity contribution in [2.75, 3.05) is 13.2 Å². The first-order valence-electron chi connectivity index (χ1n) is 9.20. The second-order valence-electron chi connectivity index (χ2n) is 6.81. The molecule has 0 aliphatic carbocycles. The fraction of sp³-hybridized carbons (Fsp3) is 0.600. The molecule has 0 fully saturated rings. The van der Waals surface area contributed by atoms with Gasteiger partial charge in [0.1, 0.15) is 13.2 Å². The molecular formula is C20H36O6P2+2. The van der Waals surface area contributed by atoms with Crippen molar-refractivity contribution < 1.29 is 28.0 Å². The Morgan fingerprint density at radius 1 is 0.679 bits per heavy atom. The summed E-state index contributed by atoms with van der Waals surface area (Å²) in [6.07, 6.45) is 12.0. The number of hydrogen-bond acceptors (Lipinski definition) is 4. The minimum absolute atomic E-state index is 0.215. The molecule has 28 heavy (non-hydrogen) atoms. The Kier molecular flexibility index (Phi) is 20.2. The Hall–Kier alpha value is -1.00. The van der Waals surface area contributed by atoms with Crippen molar-refractivity contribution in [3.05, 3.63) is 46.6 Å². The van der Waals surface area contributed by atoms with Crippen molar-refractivity contribution in [2.24, 2.45) is 0 Å². The molecule has 0 aromatic heterocycles. The monoisotopic (exact) mass is 434 g/mol. The van der Waals surface area contributed by atoms with Gasteiger partial charge in [-0.1, -0.05) is 46.6 Å². The van der Waals surface area contributed by atoms with E-state index in [0.717, 1.165) is 25.7 Å². The van der Waals surface area contributed by atoms with E-state index in [2.05, 4.69) is 48.9 Å². The lowest BCUT2D eigenvalue weighted by atomic mass is 10.1. The van der Waals surface area contributed by atoms with E-state index in [1.807, 2.05) is 26.0 Å². The zero-order chi connectivity index (χ0) is 21.9. The molecule has 160 valence electrons. The second-order valence-corrected chi connectivity index (χ2v) is 8.28. The molecule has 0 radical (unpaired) electrons. The first-order chi connectivity index (χ1) is 13.0. The number of rotatable bonds is 12. The van der Waals surface area contributed by atoms with Crippen LogP contribution in [0, 0.1) is 0 Å². The summed E-state index contributed by atoms with van der Waals surface area (Å²) in [5.74, 6) is 0. The first kappa shape index (κ1) is 29.2. The predicted octanol–water partition coefficient (Wildman–Crippen LogP) is 6.69. The van der Waals surface area contributed by atoms with Crippen LogP contribution in [0.3, 0.4) is 0 Å². The third kappa shape index (κ3) is 27.2. The Morgan fingerprint density at radius 2 is 1.00 bits per heavy atom. The summed E-state index contributed by atoms with van der Waals surface area (Å²) in [6.45, 7) is 12.7. The fourth-order valence-electron chi connectivity index (χ4n) is 1.87. The molecule has 2 unspecified atom stereocenters. The van der Waals surface area contributed by atoms with Crippen LogP contribution < -0.4 is 0 Å². The van der Waals surface area contributed by atoms with Crippen LogP contribution >= 0.6 is 16.5 Å². The molecule has 0 aromatic rings. The minimum atomic E-state index is -2.46. The summed E-state index contributed by atoms with van der Waals surface area (Å²) in [6, 6.07) is 0. The molecule has 0 heterocycles. The Labute approximate surface area is 171 Å². The maximum Gasteiger partial charge on any atom is 0.695 e. The molecule has 0 aromatic carbocycles. The van der Waals surface area contributed by atoms with E-state index in [4.69, 9.17) is 9.79 Å². The van der Waals surface area contributed by atoms with E-state index in [-0.39, 0.29) is 13.2 Å². The second kappa shape index (κ2) is 19.3. The largest absolute Gasteiger partial charge is 0.695 e. The highest BCUT2D eigenvalue weighted by Gasteiger charge is 2.09. The summed E-state index contributed by atoms with van der Waals surface area (Å²) in [5.41, 5.74) is 4.98. The topological polar surface area (TPSA) is 93.1 Å². The Bertz CT molecular complexity index is 532. The van der Waals surface area contributed by atoms with Crippen LogP contribution in [0.25, 0.3) is 0 Å². The zero-order valence-corrected chi connectivity index (χ0v) is 19.8. The molecule has 0 bridgehead atoms. The van der Waals surface area contributed by atoms with Crippen molar-refractivity contribution in [3.8, 4) is 0 Å². The van der Waals surface area contributed by atoms with Gasteiger partial charge in [0.15, 0.2) is 0 Å². The van der Waals surface area contributed by atoms with E-state index < -0.39 is 16.5 Å². The van der Waals surface area contributed by atoms with E-state index in [1.165, 1.54) is 22.3 Å². The lowest BCUT2D eigenvalue weighted by molar-refractivity contribution is 0.310. The van der Waals surface area contributed by atoms with Crippen LogP contribution in [0.2, 0.25) is 0 Å². The fourth-order valence-corrected chi connectivity index (χ4v) is 2.27. The smallest absolute Gasteiger partial charge is 0.133 e. The SMILES string of the molecule is CC(C)=CCC/C(C)=C/CO[P+](=O)O.CC(C)=CCC/C(C)=C/CO[P+](=O)O. The molecule has 2 N–H and O–H groups in total. The molecule has 0 aliphatic rings. The van der Waals surface area contributed by atoms with Gasteiger partial charge in [0.25, 0.3) is 0 Å². The zero-order valence-electron chi connectivity index (χ0n) is 18.0. The summed E-state index contributed by atoms with van der Waals surface area (Å²) in [4.78, 5) is 16.7. The van der Waals surface area contributed by atoms with E-state index in [1.54, 1.807) is 0 Å². The normalized spacial score (nSPS) is 12.6. The predicted molar refractivity (Wildman–Crippen MR) is 116 cm³/mol. The van der Waals surface area contributed by atoms with Gasteiger partial charge in [-0.05, 0) is 67.2 Å². The van der Waals surface area contributed by atoms with Crippen molar-refractivity contribution in [1.29, 1.82) is 0 Å². The average molecular weight is 434 g/mol. The minimum Gasteiger partial charge on any atom is -0.133 e. The van der Waals surface area contributed by atoms with Gasteiger partial charge in [0, 0.05) is 9.13 Å². The van der Waals surface area contributed by atoms with Crippen LogP contribution in [-0.4, -0.2) is 23.0 Å². The molecule has 0 saturated carbocycles. The molecule has 0 spiro atoms. The summed E-state index contributed by atoms with van der Waals surface area (Å²) >= 11 is 0. The van der Waals surface area contributed by atoms with Crippen molar-refractivity contribution in [1.82, 2.24) is 0 Å². The third-order valence-electron chi connectivity index (χ3n) is 3.42. The van der Waals surface area contributed by atoms with Crippen LogP contribution in [-0.2, 0) is 18.2 Å². The lowest BCUT2D eigenvalue weighted by Crippen LogP contribution is -1.84. The van der Waals surface area contributed by atoms with Gasteiger partial charge in [-0.25, -0.2) is 0 Å². The molecule has 8 heteroatoms. The van der Waals surface area contributed by atoms with Gasteiger partial charge in [0.05, 0.1) is 0 Å². The van der Waals surface area contributed by atoms with Crippen LogP contribution in [0.5, 0.6) is 0 Å². The summed E-state index contributed by atoms with van der Waals surface area (Å²) in [7, 11) is -4.92. The molecule has 0 aliphatic heterocycles. The van der Waals surface area contributed by atoms with Crippen LogP contribution in [0.15, 0.2) is 46.6 Å². The molecular weight excluding hydrogens is 398 g/mol. The van der Waals surface area contributed by atoms with Gasteiger partial charge < -0.3 is 0 Å². The van der Waals surface area contributed by atoms with Crippen LogP contribution in [0.1, 0.15) is 67.2 Å². The Morgan fingerprint density at radius 3 is 1.25 bits per heavy atom. The Balaban J connectivity index is 0. The van der Waals surface area contributed by atoms with Crippen molar-refractivity contribution >= 4 is 16.5 Å². The molecule has 0 amide bonds. The van der Waals surface area contributed by atoms with Crippen molar-refractivity contribution in [3.63, 3.8) is 0 Å². The molecule has 2 atom stereocenters. The van der Waals surface area contributed by atoms with Gasteiger partial charge in [-0.15, -0.1) is 18.8 Å². The van der Waals surface area contributed by atoms with E-state index >= 15 is 0 Å². The maximum atomic E-state index is 10.2. The van der Waals surface area contributed by atoms with E-state index in [0.29, 0.717) is 0 Å². The van der Waals surface area contributed by atoms with Gasteiger partial charge in [-0.2, -0.15) is 0 Å². The highest BCUT2D eigenvalue weighted by atomic mass is 31.1. The molecule has 6 nitrogen and oxygen atoms in total. The standard InChI is InChI=1S/2C10H17O3P/c2*1-9(2)5-4-6-10(3)7-8-13-14(11)12/h2*5,7H,4,6,8H2,1-3H3/p+2/b2*10-7+. The van der Waals surface area contributed by atoms with Gasteiger partial charge >= 0.3 is 16.5 Å². The van der Waals surface area contributed by atoms with Gasteiger partial charge in [0.2, 0.25) is 0 Å². The van der Waals surface area contributed by atoms with Crippen molar-refractivity contribution in [2.45, 2.75) is 67.2 Å². The third-order valence-corrected chi connectivity index (χ3v) is 4.16. The molecule has 0 saturated heterocycles. The maximum absolute atomic E-state index is 10.2. The van der Waals surface area contributed by atoms with Crippen LogP contribution in [0.4, 0.5) is 0 Å². The summed E-state index contributed by atoms with van der Waals surface area (Å²) < 4.78 is 29.4. The first-order valence-corrected chi connectivity index (χ1v) is 11.5. The van der Waals surface area contributed by atoms with E-state index in [9.17, 15) is 9.13 Å². The average Bonchev–Trinajstić information content (AvgIpc) is 2.54. The number of allylic oxidation sites excluding steroid dienone is 6. The quantitative estimate of drug-likeness (QED) is 0.262. The van der Waals surface area contributed by atoms with Gasteiger partial charge in [-0.3, -0.25) is 0 Å².